The number of amides is 1. The van der Waals surface area contributed by atoms with E-state index in [2.05, 4.69) is 10.3 Å². The Hall–Kier alpha value is -5.10. The highest BCUT2D eigenvalue weighted by molar-refractivity contribution is 7.92. The summed E-state index contributed by atoms with van der Waals surface area (Å²) in [5.41, 5.74) is 0.855. The molecule has 1 amide bonds. The number of H-pyrrole nitrogens is 1. The molecule has 5 rings (SSSR count). The fourth-order valence-electron chi connectivity index (χ4n) is 4.92. The number of esters is 1. The first-order valence-corrected chi connectivity index (χ1v) is 15.2. The summed E-state index contributed by atoms with van der Waals surface area (Å²) in [5.74, 6) is -1.44. The van der Waals surface area contributed by atoms with Gasteiger partial charge < -0.3 is 15.0 Å². The van der Waals surface area contributed by atoms with E-state index in [1.54, 1.807) is 36.5 Å². The van der Waals surface area contributed by atoms with Gasteiger partial charge in [0.2, 0.25) is 0 Å². The smallest absolute Gasteiger partial charge is 0.416 e. The number of sulfonamides is 1. The second-order valence-electron chi connectivity index (χ2n) is 10.2. The third kappa shape index (κ3) is 7.01. The Morgan fingerprint density at radius 1 is 0.911 bits per heavy atom. The van der Waals surface area contributed by atoms with Crippen LogP contribution in [-0.2, 0) is 38.7 Å². The van der Waals surface area contributed by atoms with Crippen molar-refractivity contribution < 1.29 is 35.9 Å². The topological polar surface area (TPSA) is 109 Å². The van der Waals surface area contributed by atoms with E-state index in [-0.39, 0.29) is 29.1 Å². The number of nitrogens with zero attached hydrogens (tertiary/aromatic N) is 1. The number of nitrogens with one attached hydrogen (secondary N) is 2. The molecule has 1 heterocycles. The fourth-order valence-corrected chi connectivity index (χ4v) is 6.42. The van der Waals surface area contributed by atoms with Crippen LogP contribution in [0, 0.1) is 0 Å². The SMILES string of the molecule is COC(=O)[C@H](Cc1c[nH]c2ccccc12)NC(=O)c1cccc(S(=O)(=O)N(Cc2ccccc2)c2cccc(C(F)(F)F)c2)c1. The van der Waals surface area contributed by atoms with Crippen molar-refractivity contribution in [2.75, 3.05) is 11.4 Å². The molecule has 4 aromatic carbocycles. The summed E-state index contributed by atoms with van der Waals surface area (Å²) in [7, 11) is -3.30. The molecule has 1 atom stereocenters. The van der Waals surface area contributed by atoms with Crippen molar-refractivity contribution in [3.05, 3.63) is 132 Å². The van der Waals surface area contributed by atoms with Gasteiger partial charge in [0.05, 0.1) is 29.8 Å². The summed E-state index contributed by atoms with van der Waals surface area (Å²) < 4.78 is 74.5. The van der Waals surface area contributed by atoms with Gasteiger partial charge >= 0.3 is 12.1 Å². The van der Waals surface area contributed by atoms with Crippen molar-refractivity contribution in [1.29, 1.82) is 0 Å². The van der Waals surface area contributed by atoms with E-state index in [0.717, 1.165) is 45.0 Å². The number of carbonyl (C=O) groups is 2. The number of rotatable bonds is 10. The zero-order chi connectivity index (χ0) is 32.2. The van der Waals surface area contributed by atoms with Crippen LogP contribution in [0.25, 0.3) is 10.9 Å². The number of aromatic amines is 1. The molecular formula is C33H28F3N3O5S. The second-order valence-corrected chi connectivity index (χ2v) is 12.0. The van der Waals surface area contributed by atoms with Gasteiger partial charge in [0, 0.05) is 29.1 Å². The summed E-state index contributed by atoms with van der Waals surface area (Å²) in [5, 5.41) is 3.49. The van der Waals surface area contributed by atoms with Crippen LogP contribution in [0.15, 0.2) is 114 Å². The average molecular weight is 636 g/mol. The summed E-state index contributed by atoms with van der Waals surface area (Å²) >= 11 is 0. The largest absolute Gasteiger partial charge is 0.467 e. The molecular weight excluding hydrogens is 607 g/mol. The number of para-hydroxylation sites is 1. The van der Waals surface area contributed by atoms with E-state index in [1.807, 2.05) is 24.3 Å². The molecule has 0 aliphatic carbocycles. The van der Waals surface area contributed by atoms with E-state index >= 15 is 0 Å². The lowest BCUT2D eigenvalue weighted by atomic mass is 10.0. The van der Waals surface area contributed by atoms with Crippen molar-refractivity contribution in [3.8, 4) is 0 Å². The molecule has 232 valence electrons. The number of anilines is 1. The molecule has 0 aliphatic heterocycles. The molecule has 2 N–H and O–H groups in total. The van der Waals surface area contributed by atoms with Crippen molar-refractivity contribution in [2.24, 2.45) is 0 Å². The molecule has 0 bridgehead atoms. The first kappa shape index (κ1) is 31.3. The number of halogens is 3. The maximum atomic E-state index is 14.0. The number of carbonyl (C=O) groups excluding carboxylic acids is 2. The Labute approximate surface area is 257 Å². The highest BCUT2D eigenvalue weighted by Crippen LogP contribution is 2.34. The monoisotopic (exact) mass is 635 g/mol. The van der Waals surface area contributed by atoms with Crippen LogP contribution in [0.1, 0.15) is 27.0 Å². The zero-order valence-electron chi connectivity index (χ0n) is 23.9. The van der Waals surface area contributed by atoms with Crippen LogP contribution in [-0.4, -0.2) is 38.4 Å². The van der Waals surface area contributed by atoms with E-state index in [4.69, 9.17) is 4.74 Å². The van der Waals surface area contributed by atoms with Crippen molar-refractivity contribution in [2.45, 2.75) is 30.1 Å². The van der Waals surface area contributed by atoms with E-state index in [9.17, 15) is 31.2 Å². The number of methoxy groups -OCH3 is 1. The van der Waals surface area contributed by atoms with Crippen LogP contribution in [0.3, 0.4) is 0 Å². The lowest BCUT2D eigenvalue weighted by Crippen LogP contribution is -2.43. The normalized spacial score (nSPS) is 12.4. The number of hydrogen-bond donors (Lipinski definition) is 2. The van der Waals surface area contributed by atoms with Crippen LogP contribution in [0.4, 0.5) is 18.9 Å². The molecule has 0 spiro atoms. The predicted octanol–water partition coefficient (Wildman–Crippen LogP) is 6.10. The summed E-state index contributed by atoms with van der Waals surface area (Å²) in [6.45, 7) is -0.268. The van der Waals surface area contributed by atoms with Crippen molar-refractivity contribution >= 4 is 38.5 Å². The van der Waals surface area contributed by atoms with Gasteiger partial charge in [0.15, 0.2) is 0 Å². The van der Waals surface area contributed by atoms with Gasteiger partial charge in [-0.05, 0) is 53.6 Å². The fraction of sp³-hybridized carbons (Fsp3) is 0.152. The number of fused-ring (bicyclic) bond motifs is 1. The molecule has 0 saturated carbocycles. The summed E-state index contributed by atoms with van der Waals surface area (Å²) in [6, 6.07) is 23.9. The number of alkyl halides is 3. The highest BCUT2D eigenvalue weighted by Gasteiger charge is 2.33. The van der Waals surface area contributed by atoms with Gasteiger partial charge in [-0.15, -0.1) is 0 Å². The van der Waals surface area contributed by atoms with Gasteiger partial charge in [-0.2, -0.15) is 13.2 Å². The lowest BCUT2D eigenvalue weighted by molar-refractivity contribution is -0.142. The predicted molar refractivity (Wildman–Crippen MR) is 163 cm³/mol. The molecule has 0 aliphatic rings. The lowest BCUT2D eigenvalue weighted by Gasteiger charge is -2.26. The molecule has 5 aromatic rings. The summed E-state index contributed by atoms with van der Waals surface area (Å²) in [6.07, 6.45) is -2.87. The molecule has 12 heteroatoms. The Kier molecular flexibility index (Phi) is 8.96. The molecule has 0 unspecified atom stereocenters. The number of hydrogen-bond acceptors (Lipinski definition) is 5. The number of aromatic nitrogens is 1. The van der Waals surface area contributed by atoms with Crippen molar-refractivity contribution in [1.82, 2.24) is 10.3 Å². The Balaban J connectivity index is 1.46. The Bertz CT molecular complexity index is 1940. The number of benzene rings is 4. The van der Waals surface area contributed by atoms with Gasteiger partial charge in [-0.1, -0.05) is 60.7 Å². The van der Waals surface area contributed by atoms with Crippen LogP contribution < -0.4 is 9.62 Å². The molecule has 0 fully saturated rings. The minimum Gasteiger partial charge on any atom is -0.467 e. The van der Waals surface area contributed by atoms with Crippen LogP contribution in [0.5, 0.6) is 0 Å². The summed E-state index contributed by atoms with van der Waals surface area (Å²) in [4.78, 5) is 28.8. The third-order valence-electron chi connectivity index (χ3n) is 7.20. The maximum absolute atomic E-state index is 14.0. The highest BCUT2D eigenvalue weighted by atomic mass is 32.2. The molecule has 1 aromatic heterocycles. The third-order valence-corrected chi connectivity index (χ3v) is 8.97. The average Bonchev–Trinajstić information content (AvgIpc) is 3.45. The minimum atomic E-state index is -4.70. The van der Waals surface area contributed by atoms with E-state index in [0.29, 0.717) is 5.56 Å². The molecule has 8 nitrogen and oxygen atoms in total. The van der Waals surface area contributed by atoms with Gasteiger partial charge in [0.25, 0.3) is 15.9 Å². The van der Waals surface area contributed by atoms with Crippen LogP contribution >= 0.6 is 0 Å². The zero-order valence-corrected chi connectivity index (χ0v) is 24.7. The standard InChI is InChI=1S/C33H28F3N3O5S/c1-44-32(41)30(18-24-20-37-29-16-6-5-15-28(24)29)38-31(40)23-11-7-14-27(17-23)45(42,43)39(21-22-9-3-2-4-10-22)26-13-8-12-25(19-26)33(34,35)36/h2-17,19-20,30,37H,18,21H2,1H3,(H,38,40)/t30-/m0/s1. The molecule has 0 radical (unpaired) electrons. The van der Waals surface area contributed by atoms with E-state index in [1.165, 1.54) is 31.4 Å². The molecule has 0 saturated heterocycles. The van der Waals surface area contributed by atoms with Crippen LogP contribution in [0.2, 0.25) is 0 Å². The molecule has 45 heavy (non-hydrogen) atoms. The van der Waals surface area contributed by atoms with Gasteiger partial charge in [-0.3, -0.25) is 9.10 Å². The van der Waals surface area contributed by atoms with E-state index < -0.39 is 39.7 Å². The Morgan fingerprint density at radius 2 is 1.62 bits per heavy atom. The van der Waals surface area contributed by atoms with Gasteiger partial charge in [-0.25, -0.2) is 13.2 Å². The first-order valence-electron chi connectivity index (χ1n) is 13.7. The number of ether oxygens (including phenoxy) is 1. The van der Waals surface area contributed by atoms with Crippen molar-refractivity contribution in [3.63, 3.8) is 0 Å². The Morgan fingerprint density at radius 3 is 2.36 bits per heavy atom. The quantitative estimate of drug-likeness (QED) is 0.181. The van der Waals surface area contributed by atoms with Gasteiger partial charge in [0.1, 0.15) is 6.04 Å². The maximum Gasteiger partial charge on any atom is 0.416 e. The second kappa shape index (κ2) is 12.9. The minimum absolute atomic E-state index is 0.0763. The first-order chi connectivity index (χ1) is 21.5.